The van der Waals surface area contributed by atoms with Crippen molar-refractivity contribution in [1.82, 2.24) is 5.32 Å². The zero-order valence-corrected chi connectivity index (χ0v) is 12.9. The topological polar surface area (TPSA) is 12.0 Å². The molecule has 0 radical (unpaired) electrons. The van der Waals surface area contributed by atoms with E-state index in [-0.39, 0.29) is 0 Å². The number of rotatable bonds is 6. The molecule has 1 atom stereocenters. The summed E-state index contributed by atoms with van der Waals surface area (Å²) < 4.78 is 1.16. The smallest absolute Gasteiger partial charge is 0.0317 e. The normalized spacial score (nSPS) is 18.1. The van der Waals surface area contributed by atoms with Crippen LogP contribution in [0.15, 0.2) is 28.7 Å². The Kier molecular flexibility index (Phi) is 5.71. The molecule has 0 amide bonds. The maximum absolute atomic E-state index is 3.72. The Morgan fingerprint density at radius 1 is 1.22 bits per heavy atom. The third kappa shape index (κ3) is 4.10. The van der Waals surface area contributed by atoms with Crippen molar-refractivity contribution >= 4 is 15.9 Å². The van der Waals surface area contributed by atoms with Gasteiger partial charge in [-0.15, -0.1) is 0 Å². The van der Waals surface area contributed by atoms with E-state index >= 15 is 0 Å². The molecule has 100 valence electrons. The average molecular weight is 310 g/mol. The summed E-state index contributed by atoms with van der Waals surface area (Å²) >= 11 is 3.49. The van der Waals surface area contributed by atoms with Crippen LogP contribution in [0, 0.1) is 5.92 Å². The number of benzene rings is 1. The Hall–Kier alpha value is -0.340. The van der Waals surface area contributed by atoms with Gasteiger partial charge in [-0.1, -0.05) is 60.7 Å². The summed E-state index contributed by atoms with van der Waals surface area (Å²) in [6.07, 6.45) is 8.33. The lowest BCUT2D eigenvalue weighted by Gasteiger charge is -2.19. The van der Waals surface area contributed by atoms with Crippen molar-refractivity contribution in [3.63, 3.8) is 0 Å². The van der Waals surface area contributed by atoms with Crippen molar-refractivity contribution in [2.24, 2.45) is 5.92 Å². The summed E-state index contributed by atoms with van der Waals surface area (Å²) in [7, 11) is 0. The average Bonchev–Trinajstić information content (AvgIpc) is 2.89. The molecule has 1 aromatic rings. The molecule has 1 saturated carbocycles. The molecule has 2 heteroatoms. The van der Waals surface area contributed by atoms with Crippen molar-refractivity contribution in [3.05, 3.63) is 34.3 Å². The number of hydrogen-bond donors (Lipinski definition) is 1. The van der Waals surface area contributed by atoms with Gasteiger partial charge in [0.05, 0.1) is 0 Å². The Morgan fingerprint density at radius 3 is 2.50 bits per heavy atom. The van der Waals surface area contributed by atoms with Gasteiger partial charge in [0.2, 0.25) is 0 Å². The van der Waals surface area contributed by atoms with Gasteiger partial charge < -0.3 is 5.32 Å². The standard InChI is InChI=1S/C16H24BrN/c1-2-16(14-7-9-15(17)10-8-14)18-12-11-13-5-3-4-6-13/h7-10,13,16,18H,2-6,11-12H2,1H3. The number of halogens is 1. The molecule has 1 aliphatic rings. The number of hydrogen-bond acceptors (Lipinski definition) is 1. The lowest BCUT2D eigenvalue weighted by Crippen LogP contribution is -2.23. The summed E-state index contributed by atoms with van der Waals surface area (Å²) in [6.45, 7) is 3.43. The van der Waals surface area contributed by atoms with Crippen molar-refractivity contribution in [2.45, 2.75) is 51.5 Å². The molecular weight excluding hydrogens is 286 g/mol. The molecule has 2 rings (SSSR count). The lowest BCUT2D eigenvalue weighted by atomic mass is 10.0. The lowest BCUT2D eigenvalue weighted by molar-refractivity contribution is 0.438. The second-order valence-corrected chi connectivity index (χ2v) is 6.32. The van der Waals surface area contributed by atoms with Crippen LogP contribution in [0.4, 0.5) is 0 Å². The highest BCUT2D eigenvalue weighted by Gasteiger charge is 2.15. The molecule has 1 unspecified atom stereocenters. The first-order valence-corrected chi connectivity index (χ1v) is 8.07. The first kappa shape index (κ1) is 14.1. The van der Waals surface area contributed by atoms with Gasteiger partial charge in [-0.05, 0) is 43.0 Å². The summed E-state index contributed by atoms with van der Waals surface area (Å²) in [5.74, 6) is 0.986. The highest BCUT2D eigenvalue weighted by molar-refractivity contribution is 9.10. The van der Waals surface area contributed by atoms with Crippen molar-refractivity contribution < 1.29 is 0 Å². The molecule has 0 aromatic heterocycles. The largest absolute Gasteiger partial charge is 0.310 e. The molecule has 0 spiro atoms. The van der Waals surface area contributed by atoms with E-state index in [4.69, 9.17) is 0 Å². The van der Waals surface area contributed by atoms with Crippen LogP contribution in [0.3, 0.4) is 0 Å². The molecule has 1 aromatic carbocycles. The summed E-state index contributed by atoms with van der Waals surface area (Å²) in [6, 6.07) is 9.23. The van der Waals surface area contributed by atoms with E-state index in [0.29, 0.717) is 6.04 Å². The Bertz CT molecular complexity index is 341. The molecule has 1 nitrogen and oxygen atoms in total. The minimum Gasteiger partial charge on any atom is -0.310 e. The van der Waals surface area contributed by atoms with Gasteiger partial charge in [0.1, 0.15) is 0 Å². The van der Waals surface area contributed by atoms with Crippen molar-refractivity contribution in [2.75, 3.05) is 6.54 Å². The van der Waals surface area contributed by atoms with E-state index in [9.17, 15) is 0 Å². The fourth-order valence-corrected chi connectivity index (χ4v) is 3.22. The van der Waals surface area contributed by atoms with E-state index in [0.717, 1.165) is 16.8 Å². The zero-order valence-electron chi connectivity index (χ0n) is 11.3. The molecule has 1 aliphatic carbocycles. The van der Waals surface area contributed by atoms with E-state index in [1.54, 1.807) is 0 Å². The summed E-state index contributed by atoms with van der Waals surface area (Å²) in [4.78, 5) is 0. The van der Waals surface area contributed by atoms with Gasteiger partial charge in [0.15, 0.2) is 0 Å². The Balaban J connectivity index is 1.79. The first-order chi connectivity index (χ1) is 8.79. The van der Waals surface area contributed by atoms with Crippen LogP contribution in [-0.2, 0) is 0 Å². The van der Waals surface area contributed by atoms with E-state index in [1.807, 2.05) is 0 Å². The van der Waals surface area contributed by atoms with Crippen LogP contribution in [-0.4, -0.2) is 6.54 Å². The highest BCUT2D eigenvalue weighted by Crippen LogP contribution is 2.27. The number of nitrogens with one attached hydrogen (secondary N) is 1. The van der Waals surface area contributed by atoms with E-state index < -0.39 is 0 Å². The molecule has 1 N–H and O–H groups in total. The molecule has 0 heterocycles. The SMILES string of the molecule is CCC(NCCC1CCCC1)c1ccc(Br)cc1. The predicted octanol–water partition coefficient (Wildman–Crippen LogP) is 5.07. The summed E-state index contributed by atoms with van der Waals surface area (Å²) in [5.41, 5.74) is 1.41. The van der Waals surface area contributed by atoms with Crippen LogP contribution in [0.5, 0.6) is 0 Å². The molecule has 0 bridgehead atoms. The predicted molar refractivity (Wildman–Crippen MR) is 81.8 cm³/mol. The molecule has 18 heavy (non-hydrogen) atoms. The van der Waals surface area contributed by atoms with Crippen LogP contribution in [0.25, 0.3) is 0 Å². The second-order valence-electron chi connectivity index (χ2n) is 5.41. The quantitative estimate of drug-likeness (QED) is 0.773. The fraction of sp³-hybridized carbons (Fsp3) is 0.625. The Morgan fingerprint density at radius 2 is 1.89 bits per heavy atom. The molecule has 1 fully saturated rings. The van der Waals surface area contributed by atoms with Gasteiger partial charge in [0.25, 0.3) is 0 Å². The summed E-state index contributed by atoms with van der Waals surface area (Å²) in [5, 5.41) is 3.72. The Labute approximate surface area is 119 Å². The van der Waals surface area contributed by atoms with Crippen LogP contribution < -0.4 is 5.32 Å². The maximum atomic E-state index is 3.72. The highest BCUT2D eigenvalue weighted by atomic mass is 79.9. The molecule has 0 aliphatic heterocycles. The van der Waals surface area contributed by atoms with Gasteiger partial charge in [-0.3, -0.25) is 0 Å². The third-order valence-electron chi connectivity index (χ3n) is 4.10. The first-order valence-electron chi connectivity index (χ1n) is 7.28. The molecular formula is C16H24BrN. The van der Waals surface area contributed by atoms with Crippen LogP contribution in [0.1, 0.15) is 57.1 Å². The van der Waals surface area contributed by atoms with Crippen LogP contribution >= 0.6 is 15.9 Å². The van der Waals surface area contributed by atoms with Gasteiger partial charge >= 0.3 is 0 Å². The maximum Gasteiger partial charge on any atom is 0.0317 e. The van der Waals surface area contributed by atoms with E-state index in [2.05, 4.69) is 52.4 Å². The van der Waals surface area contributed by atoms with Gasteiger partial charge in [-0.2, -0.15) is 0 Å². The fourth-order valence-electron chi connectivity index (χ4n) is 2.95. The zero-order chi connectivity index (χ0) is 12.8. The van der Waals surface area contributed by atoms with Gasteiger partial charge in [-0.25, -0.2) is 0 Å². The minimum atomic E-state index is 0.513. The van der Waals surface area contributed by atoms with Crippen LogP contribution in [0.2, 0.25) is 0 Å². The monoisotopic (exact) mass is 309 g/mol. The van der Waals surface area contributed by atoms with E-state index in [1.165, 1.54) is 44.2 Å². The molecule has 0 saturated heterocycles. The van der Waals surface area contributed by atoms with Gasteiger partial charge in [0, 0.05) is 10.5 Å². The van der Waals surface area contributed by atoms with Crippen molar-refractivity contribution in [1.29, 1.82) is 0 Å². The third-order valence-corrected chi connectivity index (χ3v) is 4.63. The second kappa shape index (κ2) is 7.30. The van der Waals surface area contributed by atoms with Crippen molar-refractivity contribution in [3.8, 4) is 0 Å². The minimum absolute atomic E-state index is 0.513.